The Kier molecular flexibility index (Phi) is 8.56. The zero-order valence-corrected chi connectivity index (χ0v) is 19.2. The monoisotopic (exact) mass is 466 g/mol. The second kappa shape index (κ2) is 11.8. The third-order valence-electron chi connectivity index (χ3n) is 5.00. The van der Waals surface area contributed by atoms with E-state index in [-0.39, 0.29) is 37.4 Å². The number of aromatic nitrogens is 1. The molecule has 0 fully saturated rings. The number of nitrogens with zero attached hydrogens (tertiary/aromatic N) is 1. The highest BCUT2D eigenvalue weighted by Crippen LogP contribution is 2.35. The molecule has 3 rings (SSSR count). The van der Waals surface area contributed by atoms with Crippen LogP contribution in [0, 0.1) is 5.82 Å². The minimum Gasteiger partial charge on any atom is -0.466 e. The lowest BCUT2D eigenvalue weighted by atomic mass is 10.1. The summed E-state index contributed by atoms with van der Waals surface area (Å²) >= 11 is 0. The van der Waals surface area contributed by atoms with Crippen molar-refractivity contribution in [2.75, 3.05) is 18.5 Å². The summed E-state index contributed by atoms with van der Waals surface area (Å²) in [5.41, 5.74) is 2.21. The molecule has 178 valence electrons. The number of amides is 1. The highest BCUT2D eigenvalue weighted by atomic mass is 19.1. The number of esters is 2. The lowest BCUT2D eigenvalue weighted by Crippen LogP contribution is -2.19. The number of benzene rings is 2. The number of rotatable bonds is 10. The molecular weight excluding hydrogens is 439 g/mol. The molecule has 1 amide bonds. The fourth-order valence-electron chi connectivity index (χ4n) is 3.53. The van der Waals surface area contributed by atoms with E-state index in [1.54, 1.807) is 36.7 Å². The zero-order chi connectivity index (χ0) is 24.5. The number of halogens is 1. The third kappa shape index (κ3) is 6.31. The summed E-state index contributed by atoms with van der Waals surface area (Å²) in [6, 6.07) is 15.4. The quantitative estimate of drug-likeness (QED) is 0.434. The van der Waals surface area contributed by atoms with Crippen LogP contribution in [0.4, 0.5) is 10.1 Å². The van der Waals surface area contributed by atoms with Crippen molar-refractivity contribution >= 4 is 23.5 Å². The molecule has 0 aliphatic rings. The summed E-state index contributed by atoms with van der Waals surface area (Å²) in [6.07, 6.45) is 1.46. The molecule has 7 nitrogen and oxygen atoms in total. The van der Waals surface area contributed by atoms with Crippen molar-refractivity contribution in [3.8, 4) is 11.1 Å². The van der Waals surface area contributed by atoms with Gasteiger partial charge in [0.2, 0.25) is 5.91 Å². The number of anilines is 1. The molecule has 1 N–H and O–H groups in total. The van der Waals surface area contributed by atoms with Gasteiger partial charge in [0.05, 0.1) is 25.3 Å². The normalized spacial score (nSPS) is 10.6. The number of carbonyl (C=O) groups excluding carboxylic acids is 3. The topological polar surface area (TPSA) is 86.6 Å². The van der Waals surface area contributed by atoms with Crippen LogP contribution in [0.25, 0.3) is 11.1 Å². The van der Waals surface area contributed by atoms with Gasteiger partial charge in [0, 0.05) is 24.7 Å². The number of carbonyl (C=O) groups is 3. The van der Waals surface area contributed by atoms with Crippen LogP contribution in [-0.2, 0) is 25.6 Å². The molecule has 2 aromatic carbocycles. The van der Waals surface area contributed by atoms with Crippen LogP contribution < -0.4 is 5.32 Å². The molecule has 0 bridgehead atoms. The molecule has 0 aliphatic heterocycles. The van der Waals surface area contributed by atoms with Crippen LogP contribution in [-0.4, -0.2) is 35.6 Å². The van der Waals surface area contributed by atoms with Crippen LogP contribution in [0.2, 0.25) is 0 Å². The van der Waals surface area contributed by atoms with Crippen molar-refractivity contribution < 1.29 is 28.2 Å². The second-order valence-corrected chi connectivity index (χ2v) is 7.46. The van der Waals surface area contributed by atoms with E-state index in [1.165, 1.54) is 12.1 Å². The fraction of sp³-hybridized carbons (Fsp3) is 0.269. The Morgan fingerprint density at radius 3 is 2.35 bits per heavy atom. The maximum absolute atomic E-state index is 14.0. The summed E-state index contributed by atoms with van der Waals surface area (Å²) in [5, 5.41) is 2.75. The van der Waals surface area contributed by atoms with Crippen molar-refractivity contribution in [1.29, 1.82) is 0 Å². The second-order valence-electron chi connectivity index (χ2n) is 7.46. The van der Waals surface area contributed by atoms with Gasteiger partial charge in [-0.25, -0.2) is 9.18 Å². The lowest BCUT2D eigenvalue weighted by molar-refractivity contribution is -0.144. The Bertz CT molecular complexity index is 1160. The molecule has 0 spiro atoms. The first-order valence-electron chi connectivity index (χ1n) is 11.1. The maximum atomic E-state index is 14.0. The average Bonchev–Trinajstić information content (AvgIpc) is 3.16. The van der Waals surface area contributed by atoms with Crippen LogP contribution in [0.3, 0.4) is 0 Å². The largest absolute Gasteiger partial charge is 0.466 e. The molecule has 1 heterocycles. The minimum atomic E-state index is -0.623. The van der Waals surface area contributed by atoms with Gasteiger partial charge in [0.1, 0.15) is 5.82 Å². The Labute approximate surface area is 197 Å². The molecule has 8 heteroatoms. The number of nitrogens with one attached hydrogen (secondary N) is 1. The van der Waals surface area contributed by atoms with Gasteiger partial charge in [-0.1, -0.05) is 42.5 Å². The summed E-state index contributed by atoms with van der Waals surface area (Å²) in [4.78, 5) is 37.4. The van der Waals surface area contributed by atoms with Gasteiger partial charge < -0.3 is 19.4 Å². The summed E-state index contributed by atoms with van der Waals surface area (Å²) in [7, 11) is 0. The average molecular weight is 467 g/mol. The van der Waals surface area contributed by atoms with Gasteiger partial charge in [-0.05, 0) is 37.1 Å². The fourth-order valence-corrected chi connectivity index (χ4v) is 3.53. The van der Waals surface area contributed by atoms with Gasteiger partial charge in [-0.15, -0.1) is 0 Å². The molecule has 3 aromatic rings. The van der Waals surface area contributed by atoms with Crippen molar-refractivity contribution in [2.24, 2.45) is 0 Å². The van der Waals surface area contributed by atoms with Crippen LogP contribution in [0.1, 0.15) is 42.7 Å². The van der Waals surface area contributed by atoms with Crippen LogP contribution >= 0.6 is 0 Å². The molecule has 0 atom stereocenters. The molecular formula is C26H27FN2O5. The van der Waals surface area contributed by atoms with E-state index < -0.39 is 23.7 Å². The molecule has 0 saturated carbocycles. The van der Waals surface area contributed by atoms with Gasteiger partial charge in [-0.2, -0.15) is 0 Å². The first kappa shape index (κ1) is 24.7. The van der Waals surface area contributed by atoms with E-state index in [2.05, 4.69) is 5.32 Å². The molecule has 34 heavy (non-hydrogen) atoms. The van der Waals surface area contributed by atoms with E-state index in [4.69, 9.17) is 9.47 Å². The van der Waals surface area contributed by atoms with Gasteiger partial charge in [-0.3, -0.25) is 9.59 Å². The summed E-state index contributed by atoms with van der Waals surface area (Å²) in [6.45, 7) is 4.06. The van der Waals surface area contributed by atoms with Gasteiger partial charge in [0.25, 0.3) is 0 Å². The van der Waals surface area contributed by atoms with Crippen molar-refractivity contribution in [3.05, 3.63) is 77.9 Å². The summed E-state index contributed by atoms with van der Waals surface area (Å²) in [5.74, 6) is -2.05. The molecule has 0 aliphatic carbocycles. The van der Waals surface area contributed by atoms with Gasteiger partial charge in [0.15, 0.2) is 5.69 Å². The third-order valence-corrected chi connectivity index (χ3v) is 5.00. The number of hydrogen-bond acceptors (Lipinski definition) is 5. The molecule has 1 aromatic heterocycles. The van der Waals surface area contributed by atoms with E-state index in [0.717, 1.165) is 5.56 Å². The number of ether oxygens (including phenoxy) is 2. The predicted molar refractivity (Wildman–Crippen MR) is 126 cm³/mol. The zero-order valence-electron chi connectivity index (χ0n) is 19.2. The van der Waals surface area contributed by atoms with Crippen molar-refractivity contribution in [3.63, 3.8) is 0 Å². The lowest BCUT2D eigenvalue weighted by Gasteiger charge is -2.12. The van der Waals surface area contributed by atoms with E-state index in [1.807, 2.05) is 30.3 Å². The highest BCUT2D eigenvalue weighted by molar-refractivity contribution is 6.05. The van der Waals surface area contributed by atoms with Crippen molar-refractivity contribution in [1.82, 2.24) is 4.57 Å². The Morgan fingerprint density at radius 2 is 1.68 bits per heavy atom. The molecule has 0 radical (unpaired) electrons. The Hall–Kier alpha value is -3.94. The van der Waals surface area contributed by atoms with E-state index in [9.17, 15) is 18.8 Å². The van der Waals surface area contributed by atoms with E-state index >= 15 is 0 Å². The first-order chi connectivity index (χ1) is 16.4. The van der Waals surface area contributed by atoms with Crippen LogP contribution in [0.15, 0.2) is 60.8 Å². The molecule has 0 unspecified atom stereocenters. The van der Waals surface area contributed by atoms with Gasteiger partial charge >= 0.3 is 11.9 Å². The highest BCUT2D eigenvalue weighted by Gasteiger charge is 2.26. The predicted octanol–water partition coefficient (Wildman–Crippen LogP) is 4.80. The minimum absolute atomic E-state index is 0.103. The smallest absolute Gasteiger partial charge is 0.357 e. The Balaban J connectivity index is 2.05. The Morgan fingerprint density at radius 1 is 0.941 bits per heavy atom. The molecule has 0 saturated heterocycles. The summed E-state index contributed by atoms with van der Waals surface area (Å²) < 4.78 is 25.8. The van der Waals surface area contributed by atoms with E-state index in [0.29, 0.717) is 17.7 Å². The van der Waals surface area contributed by atoms with Crippen molar-refractivity contribution in [2.45, 2.75) is 33.2 Å². The first-order valence-corrected chi connectivity index (χ1v) is 11.1. The maximum Gasteiger partial charge on any atom is 0.357 e. The number of hydrogen-bond donors (Lipinski definition) is 1. The van der Waals surface area contributed by atoms with Crippen LogP contribution in [0.5, 0.6) is 0 Å². The standard InChI is InChI=1S/C26H27FN2O5/c1-3-33-23(31)14-13-22(30)28-24-21(19-11-8-12-20(27)15-19)17-29(25(24)26(32)34-4-2)16-18-9-6-5-7-10-18/h5-12,15,17H,3-4,13-14,16H2,1-2H3,(H,28,30). The SMILES string of the molecule is CCOC(=O)CCC(=O)Nc1c(-c2cccc(F)c2)cn(Cc2ccccc2)c1C(=O)OCC.